The van der Waals surface area contributed by atoms with Gasteiger partial charge in [0.2, 0.25) is 5.91 Å². The van der Waals surface area contributed by atoms with Gasteiger partial charge < -0.3 is 20.1 Å². The van der Waals surface area contributed by atoms with Crippen LogP contribution in [-0.2, 0) is 4.79 Å². The Hall–Kier alpha value is -3.02. The quantitative estimate of drug-likeness (QED) is 0.725. The van der Waals surface area contributed by atoms with Gasteiger partial charge in [-0.2, -0.15) is 0 Å². The number of nitrogens with one attached hydrogen (secondary N) is 2. The van der Waals surface area contributed by atoms with Crippen LogP contribution in [0.1, 0.15) is 37.0 Å². The van der Waals surface area contributed by atoms with E-state index in [0.717, 1.165) is 12.8 Å². The maximum Gasteiger partial charge on any atom is 0.255 e. The molecule has 0 spiro atoms. The largest absolute Gasteiger partial charge is 0.497 e. The second-order valence-electron chi connectivity index (χ2n) is 6.10. The van der Waals surface area contributed by atoms with Crippen LogP contribution in [0.2, 0.25) is 0 Å². The molecule has 6 heteroatoms. The smallest absolute Gasteiger partial charge is 0.255 e. The maximum absolute atomic E-state index is 12.5. The summed E-state index contributed by atoms with van der Waals surface area (Å²) in [4.78, 5) is 24.6. The Balaban J connectivity index is 2.07. The van der Waals surface area contributed by atoms with E-state index in [1.807, 2.05) is 13.8 Å². The molecule has 27 heavy (non-hydrogen) atoms. The zero-order valence-corrected chi connectivity index (χ0v) is 16.2. The fourth-order valence-electron chi connectivity index (χ4n) is 2.70. The third-order valence-corrected chi connectivity index (χ3v) is 4.43. The first-order valence-corrected chi connectivity index (χ1v) is 8.96. The van der Waals surface area contributed by atoms with Crippen LogP contribution in [0.4, 0.5) is 11.4 Å². The maximum atomic E-state index is 12.5. The Bertz CT molecular complexity index is 783. The summed E-state index contributed by atoms with van der Waals surface area (Å²) >= 11 is 0. The molecule has 0 saturated heterocycles. The molecule has 2 aromatic rings. The van der Waals surface area contributed by atoms with Crippen molar-refractivity contribution in [1.82, 2.24) is 0 Å². The number of ether oxygens (including phenoxy) is 2. The average Bonchev–Trinajstić information content (AvgIpc) is 2.69. The number of carbonyl (C=O) groups is 2. The van der Waals surface area contributed by atoms with Crippen molar-refractivity contribution >= 4 is 23.2 Å². The summed E-state index contributed by atoms with van der Waals surface area (Å²) in [7, 11) is 3.10. The Morgan fingerprint density at radius 3 is 2.15 bits per heavy atom. The van der Waals surface area contributed by atoms with E-state index in [2.05, 4.69) is 10.6 Å². The van der Waals surface area contributed by atoms with Gasteiger partial charge in [-0.3, -0.25) is 9.59 Å². The van der Waals surface area contributed by atoms with Crippen molar-refractivity contribution < 1.29 is 19.1 Å². The molecule has 0 bridgehead atoms. The molecule has 144 valence electrons. The van der Waals surface area contributed by atoms with Gasteiger partial charge in [0.25, 0.3) is 5.91 Å². The van der Waals surface area contributed by atoms with E-state index >= 15 is 0 Å². The standard InChI is InChI=1S/C21H26N2O4/c1-5-14(6-2)20(24)22-16-9-7-15(8-10-16)21(25)23-18-12-11-17(26-3)13-19(18)27-4/h7-14H,5-6H2,1-4H3,(H,22,24)(H,23,25). The van der Waals surface area contributed by atoms with E-state index < -0.39 is 0 Å². The molecule has 0 atom stereocenters. The highest BCUT2D eigenvalue weighted by atomic mass is 16.5. The van der Waals surface area contributed by atoms with E-state index in [0.29, 0.717) is 28.4 Å². The van der Waals surface area contributed by atoms with Crippen LogP contribution in [0.25, 0.3) is 0 Å². The third kappa shape index (κ3) is 5.23. The average molecular weight is 370 g/mol. The van der Waals surface area contributed by atoms with Crippen LogP contribution in [0.3, 0.4) is 0 Å². The summed E-state index contributed by atoms with van der Waals surface area (Å²) in [6, 6.07) is 12.0. The summed E-state index contributed by atoms with van der Waals surface area (Å²) in [5, 5.41) is 5.71. The highest BCUT2D eigenvalue weighted by Crippen LogP contribution is 2.29. The van der Waals surface area contributed by atoms with Crippen LogP contribution < -0.4 is 20.1 Å². The van der Waals surface area contributed by atoms with Gasteiger partial charge in [-0.05, 0) is 49.2 Å². The molecule has 0 aliphatic carbocycles. The van der Waals surface area contributed by atoms with Crippen LogP contribution >= 0.6 is 0 Å². The third-order valence-electron chi connectivity index (χ3n) is 4.43. The topological polar surface area (TPSA) is 76.7 Å². The molecule has 2 aromatic carbocycles. The zero-order valence-electron chi connectivity index (χ0n) is 16.2. The first kappa shape index (κ1) is 20.3. The van der Waals surface area contributed by atoms with E-state index in [9.17, 15) is 9.59 Å². The van der Waals surface area contributed by atoms with Crippen molar-refractivity contribution in [3.8, 4) is 11.5 Å². The molecule has 2 N–H and O–H groups in total. The van der Waals surface area contributed by atoms with E-state index in [1.54, 1.807) is 49.6 Å². The fourth-order valence-corrected chi connectivity index (χ4v) is 2.70. The Labute approximate surface area is 159 Å². The van der Waals surface area contributed by atoms with Gasteiger partial charge in [0.05, 0.1) is 19.9 Å². The number of hydrogen-bond acceptors (Lipinski definition) is 4. The summed E-state index contributed by atoms with van der Waals surface area (Å²) in [6.45, 7) is 3.99. The van der Waals surface area contributed by atoms with Crippen molar-refractivity contribution in [1.29, 1.82) is 0 Å². The van der Waals surface area contributed by atoms with Crippen LogP contribution in [0, 0.1) is 5.92 Å². The lowest BCUT2D eigenvalue weighted by Gasteiger charge is -2.13. The summed E-state index contributed by atoms with van der Waals surface area (Å²) in [6.07, 6.45) is 1.60. The van der Waals surface area contributed by atoms with Gasteiger partial charge >= 0.3 is 0 Å². The minimum Gasteiger partial charge on any atom is -0.497 e. The zero-order chi connectivity index (χ0) is 19.8. The van der Waals surface area contributed by atoms with Gasteiger partial charge in [-0.15, -0.1) is 0 Å². The SMILES string of the molecule is CCC(CC)C(=O)Nc1ccc(C(=O)Nc2ccc(OC)cc2OC)cc1. The molecular formula is C21H26N2O4. The normalized spacial score (nSPS) is 10.4. The van der Waals surface area contributed by atoms with Gasteiger partial charge in [0, 0.05) is 23.2 Å². The Morgan fingerprint density at radius 1 is 0.926 bits per heavy atom. The number of rotatable bonds is 8. The molecule has 0 radical (unpaired) electrons. The number of anilines is 2. The minimum absolute atomic E-state index is 0.000158. The van der Waals surface area contributed by atoms with E-state index in [-0.39, 0.29) is 17.7 Å². The van der Waals surface area contributed by atoms with E-state index in [4.69, 9.17) is 9.47 Å². The predicted octanol–water partition coefficient (Wildman–Crippen LogP) is 4.33. The van der Waals surface area contributed by atoms with Crippen molar-refractivity contribution in [2.45, 2.75) is 26.7 Å². The van der Waals surface area contributed by atoms with Crippen LogP contribution in [-0.4, -0.2) is 26.0 Å². The van der Waals surface area contributed by atoms with Gasteiger partial charge in [-0.25, -0.2) is 0 Å². The molecule has 0 saturated carbocycles. The molecule has 0 unspecified atom stereocenters. The van der Waals surface area contributed by atoms with Crippen LogP contribution in [0.5, 0.6) is 11.5 Å². The number of benzene rings is 2. The predicted molar refractivity (Wildman–Crippen MR) is 107 cm³/mol. The second-order valence-corrected chi connectivity index (χ2v) is 6.10. The van der Waals surface area contributed by atoms with Crippen molar-refractivity contribution in [3.05, 3.63) is 48.0 Å². The number of amides is 2. The molecule has 0 aliphatic rings. The minimum atomic E-state index is -0.267. The highest BCUT2D eigenvalue weighted by molar-refractivity contribution is 6.05. The molecule has 2 rings (SSSR count). The van der Waals surface area contributed by atoms with E-state index in [1.165, 1.54) is 7.11 Å². The fraction of sp³-hybridized carbons (Fsp3) is 0.333. The lowest BCUT2D eigenvalue weighted by molar-refractivity contribution is -0.120. The van der Waals surface area contributed by atoms with Crippen molar-refractivity contribution in [2.75, 3.05) is 24.9 Å². The number of methoxy groups -OCH3 is 2. The first-order chi connectivity index (χ1) is 13.0. The first-order valence-electron chi connectivity index (χ1n) is 8.96. The molecule has 6 nitrogen and oxygen atoms in total. The molecule has 0 heterocycles. The highest BCUT2D eigenvalue weighted by Gasteiger charge is 2.15. The summed E-state index contributed by atoms with van der Waals surface area (Å²) < 4.78 is 10.4. The summed E-state index contributed by atoms with van der Waals surface area (Å²) in [5.41, 5.74) is 1.70. The monoisotopic (exact) mass is 370 g/mol. The molecule has 0 aromatic heterocycles. The van der Waals surface area contributed by atoms with Gasteiger partial charge in [0.15, 0.2) is 0 Å². The lowest BCUT2D eigenvalue weighted by Crippen LogP contribution is -2.21. The molecule has 0 aliphatic heterocycles. The summed E-state index contributed by atoms with van der Waals surface area (Å²) in [5.74, 6) is 0.881. The molecular weight excluding hydrogens is 344 g/mol. The molecule has 2 amide bonds. The Morgan fingerprint density at radius 2 is 1.59 bits per heavy atom. The van der Waals surface area contributed by atoms with Crippen molar-refractivity contribution in [3.63, 3.8) is 0 Å². The lowest BCUT2D eigenvalue weighted by atomic mass is 10.0. The number of hydrogen-bond donors (Lipinski definition) is 2. The Kier molecular flexibility index (Phi) is 7.23. The number of carbonyl (C=O) groups excluding carboxylic acids is 2. The van der Waals surface area contributed by atoms with Gasteiger partial charge in [0.1, 0.15) is 11.5 Å². The second kappa shape index (κ2) is 9.62. The van der Waals surface area contributed by atoms with Gasteiger partial charge in [-0.1, -0.05) is 13.8 Å². The van der Waals surface area contributed by atoms with Crippen molar-refractivity contribution in [2.24, 2.45) is 5.92 Å². The molecule has 0 fully saturated rings. The van der Waals surface area contributed by atoms with Crippen LogP contribution in [0.15, 0.2) is 42.5 Å².